The van der Waals surface area contributed by atoms with Crippen LogP contribution < -0.4 is 5.32 Å². The van der Waals surface area contributed by atoms with E-state index in [2.05, 4.69) is 43.5 Å². The van der Waals surface area contributed by atoms with Crippen LogP contribution in [-0.4, -0.2) is 47.4 Å². The van der Waals surface area contributed by atoms with Crippen molar-refractivity contribution >= 4 is 11.9 Å². The number of amides is 1. The summed E-state index contributed by atoms with van der Waals surface area (Å²) in [6.07, 6.45) is 85.0. The first-order valence-corrected chi connectivity index (χ1v) is 34.8. The van der Waals surface area contributed by atoms with Crippen molar-refractivity contribution in [3.63, 3.8) is 0 Å². The molecular formula is C71H135NO5. The van der Waals surface area contributed by atoms with Gasteiger partial charge < -0.3 is 20.3 Å². The second-order valence-corrected chi connectivity index (χ2v) is 23.9. The fourth-order valence-corrected chi connectivity index (χ4v) is 10.8. The zero-order valence-electron chi connectivity index (χ0n) is 52.0. The molecule has 0 aromatic carbocycles. The average molecular weight is 1080 g/mol. The third-order valence-corrected chi connectivity index (χ3v) is 16.2. The summed E-state index contributed by atoms with van der Waals surface area (Å²) < 4.78 is 5.48. The van der Waals surface area contributed by atoms with Gasteiger partial charge in [-0.25, -0.2) is 0 Å². The highest BCUT2D eigenvalue weighted by molar-refractivity contribution is 5.76. The Labute approximate surface area is 481 Å². The Kier molecular flexibility index (Phi) is 64.9. The topological polar surface area (TPSA) is 95.9 Å². The van der Waals surface area contributed by atoms with Gasteiger partial charge in [0.15, 0.2) is 0 Å². The van der Waals surface area contributed by atoms with E-state index in [4.69, 9.17) is 4.74 Å². The minimum atomic E-state index is -0.843. The molecule has 0 saturated carbocycles. The van der Waals surface area contributed by atoms with E-state index < -0.39 is 12.1 Å². The molecule has 0 heterocycles. The number of hydrogen-bond donors (Lipinski definition) is 3. The van der Waals surface area contributed by atoms with Crippen LogP contribution in [0.15, 0.2) is 36.5 Å². The number of unbranched alkanes of at least 4 members (excludes halogenated alkanes) is 50. The Bertz CT molecular complexity index is 1250. The summed E-state index contributed by atoms with van der Waals surface area (Å²) in [5, 5.41) is 23.2. The Balaban J connectivity index is 3.37. The number of esters is 1. The van der Waals surface area contributed by atoms with Crippen molar-refractivity contribution in [2.75, 3.05) is 13.2 Å². The van der Waals surface area contributed by atoms with E-state index in [9.17, 15) is 19.8 Å². The molecule has 0 fully saturated rings. The van der Waals surface area contributed by atoms with Gasteiger partial charge in [0.1, 0.15) is 0 Å². The number of rotatable bonds is 65. The first kappa shape index (κ1) is 75.1. The lowest BCUT2D eigenvalue weighted by atomic mass is 10.0. The number of carbonyl (C=O) groups excluding carboxylic acids is 2. The SMILES string of the molecule is CCCC/C=C\C/C=C\CCCCCCCC(=O)OCCCCCCCCCCCCCCCCCCCCCCCCCCCCCCC(=O)NC(CO)C(O)/C=C/CCCCCCCCCCCCCCCCCC. The van der Waals surface area contributed by atoms with Gasteiger partial charge in [-0.1, -0.05) is 346 Å². The van der Waals surface area contributed by atoms with Crippen molar-refractivity contribution < 1.29 is 24.5 Å². The van der Waals surface area contributed by atoms with Crippen molar-refractivity contribution in [3.05, 3.63) is 36.5 Å². The second-order valence-electron chi connectivity index (χ2n) is 23.9. The zero-order valence-corrected chi connectivity index (χ0v) is 52.0. The van der Waals surface area contributed by atoms with Gasteiger partial charge in [0.2, 0.25) is 5.91 Å². The van der Waals surface area contributed by atoms with Crippen LogP contribution in [0.25, 0.3) is 0 Å². The molecule has 1 amide bonds. The second kappa shape index (κ2) is 66.6. The fraction of sp³-hybridized carbons (Fsp3) is 0.887. The number of allylic oxidation sites excluding steroid dienone is 5. The number of aliphatic hydroxyl groups is 2. The first-order chi connectivity index (χ1) is 38.0. The number of hydrogen-bond acceptors (Lipinski definition) is 5. The van der Waals surface area contributed by atoms with Crippen molar-refractivity contribution in [3.8, 4) is 0 Å². The molecule has 0 aliphatic rings. The summed E-state index contributed by atoms with van der Waals surface area (Å²) in [7, 11) is 0. The van der Waals surface area contributed by atoms with E-state index in [0.29, 0.717) is 19.4 Å². The quantitative estimate of drug-likeness (QED) is 0.0320. The van der Waals surface area contributed by atoms with Gasteiger partial charge in [-0.05, 0) is 57.8 Å². The average Bonchev–Trinajstić information content (AvgIpc) is 3.43. The lowest BCUT2D eigenvalue weighted by molar-refractivity contribution is -0.143. The molecule has 0 saturated heterocycles. The number of nitrogens with one attached hydrogen (secondary N) is 1. The molecule has 2 atom stereocenters. The van der Waals surface area contributed by atoms with Gasteiger partial charge in [-0.2, -0.15) is 0 Å². The predicted molar refractivity (Wildman–Crippen MR) is 338 cm³/mol. The van der Waals surface area contributed by atoms with Gasteiger partial charge in [0, 0.05) is 12.8 Å². The molecule has 0 aromatic rings. The van der Waals surface area contributed by atoms with Gasteiger partial charge in [0.25, 0.3) is 0 Å². The van der Waals surface area contributed by atoms with Crippen LogP contribution in [0.3, 0.4) is 0 Å². The van der Waals surface area contributed by atoms with Crippen LogP contribution in [0.4, 0.5) is 0 Å². The van der Waals surface area contributed by atoms with Crippen molar-refractivity contribution in [2.45, 2.75) is 392 Å². The van der Waals surface area contributed by atoms with Gasteiger partial charge in [-0.15, -0.1) is 0 Å². The maximum atomic E-state index is 12.5. The van der Waals surface area contributed by atoms with E-state index in [1.54, 1.807) is 6.08 Å². The lowest BCUT2D eigenvalue weighted by Gasteiger charge is -2.20. The monoisotopic (exact) mass is 1080 g/mol. The number of ether oxygens (including phenoxy) is 1. The molecule has 3 N–H and O–H groups in total. The molecule has 0 bridgehead atoms. The molecule has 0 aliphatic carbocycles. The highest BCUT2D eigenvalue weighted by Crippen LogP contribution is 2.19. The maximum Gasteiger partial charge on any atom is 0.305 e. The smallest absolute Gasteiger partial charge is 0.305 e. The zero-order chi connectivity index (χ0) is 55.7. The van der Waals surface area contributed by atoms with Crippen molar-refractivity contribution in [2.24, 2.45) is 0 Å². The van der Waals surface area contributed by atoms with Crippen LogP contribution in [0, 0.1) is 0 Å². The molecule has 0 aliphatic heterocycles. The number of aliphatic hydroxyl groups excluding tert-OH is 2. The molecule has 77 heavy (non-hydrogen) atoms. The Hall–Kier alpha value is -1.92. The van der Waals surface area contributed by atoms with Crippen LogP contribution in [-0.2, 0) is 14.3 Å². The fourth-order valence-electron chi connectivity index (χ4n) is 10.8. The van der Waals surface area contributed by atoms with E-state index in [-0.39, 0.29) is 18.5 Å². The first-order valence-electron chi connectivity index (χ1n) is 34.8. The van der Waals surface area contributed by atoms with Crippen molar-refractivity contribution in [1.82, 2.24) is 5.32 Å². The standard InChI is InChI=1S/C71H135NO5/c1-3-5-7-9-11-13-15-17-19-20-33-36-39-43-47-51-55-59-63-69(74)68(67-73)72-70(75)64-60-56-52-48-44-40-37-34-31-29-27-25-23-21-22-24-26-28-30-32-35-38-42-46-50-54-58-62-66-77-71(76)65-61-57-53-49-45-41-18-16-14-12-10-8-6-4-2/h10,12,16,18,59,63,68-69,73-74H,3-9,11,13-15,17,19-58,60-62,64-67H2,1-2H3,(H,72,75)/b12-10-,18-16-,63-59+. The molecule has 6 nitrogen and oxygen atoms in total. The highest BCUT2D eigenvalue weighted by Gasteiger charge is 2.18. The molecule has 0 rings (SSSR count). The summed E-state index contributed by atoms with van der Waals surface area (Å²) >= 11 is 0. The summed E-state index contributed by atoms with van der Waals surface area (Å²) in [5.41, 5.74) is 0. The van der Waals surface area contributed by atoms with E-state index >= 15 is 0 Å². The maximum absolute atomic E-state index is 12.5. The van der Waals surface area contributed by atoms with E-state index in [0.717, 1.165) is 51.4 Å². The molecule has 2 unspecified atom stereocenters. The molecule has 454 valence electrons. The van der Waals surface area contributed by atoms with Crippen LogP contribution in [0.5, 0.6) is 0 Å². The van der Waals surface area contributed by atoms with E-state index in [1.807, 2.05) is 6.08 Å². The normalized spacial score (nSPS) is 12.7. The van der Waals surface area contributed by atoms with E-state index in [1.165, 1.54) is 302 Å². The van der Waals surface area contributed by atoms with Crippen molar-refractivity contribution in [1.29, 1.82) is 0 Å². The molecule has 0 radical (unpaired) electrons. The summed E-state index contributed by atoms with van der Waals surface area (Å²) in [5.74, 6) is -0.0579. The summed E-state index contributed by atoms with van der Waals surface area (Å²) in [4.78, 5) is 24.6. The third-order valence-electron chi connectivity index (χ3n) is 16.2. The molecule has 0 spiro atoms. The Morgan fingerprint density at radius 3 is 1.03 bits per heavy atom. The minimum absolute atomic E-state index is 0.00407. The Morgan fingerprint density at radius 1 is 0.364 bits per heavy atom. The molecule has 6 heteroatoms. The van der Waals surface area contributed by atoms with Gasteiger partial charge in [0.05, 0.1) is 25.4 Å². The lowest BCUT2D eigenvalue weighted by Crippen LogP contribution is -2.45. The van der Waals surface area contributed by atoms with Crippen LogP contribution >= 0.6 is 0 Å². The highest BCUT2D eigenvalue weighted by atomic mass is 16.5. The predicted octanol–water partition coefficient (Wildman–Crippen LogP) is 22.3. The summed E-state index contributed by atoms with van der Waals surface area (Å²) in [6, 6.07) is -0.626. The van der Waals surface area contributed by atoms with Gasteiger partial charge >= 0.3 is 5.97 Å². The Morgan fingerprint density at radius 2 is 0.662 bits per heavy atom. The molecule has 0 aromatic heterocycles. The molecular weight excluding hydrogens is 947 g/mol. The largest absolute Gasteiger partial charge is 0.466 e. The summed E-state index contributed by atoms with van der Waals surface area (Å²) in [6.45, 7) is 4.89. The minimum Gasteiger partial charge on any atom is -0.466 e. The number of carbonyl (C=O) groups is 2. The van der Waals surface area contributed by atoms with Crippen LogP contribution in [0.2, 0.25) is 0 Å². The van der Waals surface area contributed by atoms with Gasteiger partial charge in [-0.3, -0.25) is 9.59 Å². The third kappa shape index (κ3) is 63.1. The van der Waals surface area contributed by atoms with Crippen LogP contribution in [0.1, 0.15) is 380 Å².